The second kappa shape index (κ2) is 9.49. The molecule has 6 aromatic rings. The van der Waals surface area contributed by atoms with Gasteiger partial charge in [0.15, 0.2) is 0 Å². The number of nitrogens with two attached hydrogens (primary N) is 1. The third-order valence-electron chi connectivity index (χ3n) is 6.31. The van der Waals surface area contributed by atoms with Crippen LogP contribution in [-0.4, -0.2) is 39.5 Å². The van der Waals surface area contributed by atoms with E-state index in [0.717, 1.165) is 11.1 Å². The number of benzene rings is 2. The first-order chi connectivity index (χ1) is 18.9. The van der Waals surface area contributed by atoms with E-state index in [0.29, 0.717) is 39.7 Å². The molecule has 194 valence electrons. The Morgan fingerprint density at radius 2 is 1.87 bits per heavy atom. The third-order valence-corrected chi connectivity index (χ3v) is 6.31. The lowest BCUT2D eigenvalue weighted by atomic mass is 10.0. The molecule has 0 spiro atoms. The second-order valence-corrected chi connectivity index (χ2v) is 9.02. The van der Waals surface area contributed by atoms with Crippen LogP contribution in [0.4, 0.5) is 11.6 Å². The number of hydrogen-bond donors (Lipinski definition) is 2. The minimum Gasteiger partial charge on any atom is -0.421 e. The summed E-state index contributed by atoms with van der Waals surface area (Å²) in [5, 5.41) is 16.1. The van der Waals surface area contributed by atoms with Crippen molar-refractivity contribution in [3.05, 3.63) is 89.3 Å². The molecule has 0 fully saturated rings. The van der Waals surface area contributed by atoms with Crippen LogP contribution >= 0.6 is 0 Å². The predicted molar refractivity (Wildman–Crippen MR) is 146 cm³/mol. The minimum absolute atomic E-state index is 0.177. The van der Waals surface area contributed by atoms with Gasteiger partial charge in [-0.1, -0.05) is 30.3 Å². The van der Waals surface area contributed by atoms with E-state index >= 15 is 0 Å². The average molecular weight is 521 g/mol. The van der Waals surface area contributed by atoms with Crippen molar-refractivity contribution in [1.29, 1.82) is 0 Å². The van der Waals surface area contributed by atoms with Gasteiger partial charge in [-0.25, -0.2) is 15.0 Å². The number of nitrogen functional groups attached to an aromatic ring is 1. The fourth-order valence-corrected chi connectivity index (χ4v) is 4.55. The Labute approximate surface area is 222 Å². The van der Waals surface area contributed by atoms with Crippen LogP contribution in [0.25, 0.3) is 39.2 Å². The maximum Gasteiger partial charge on any atom is 0.266 e. The Morgan fingerprint density at radius 3 is 2.59 bits per heavy atom. The SMILES string of the molecule is Cc1nnc(-c2c(N)ncnc2NC(C)c2nc3cccc(-c4cnn(C)c4)c3c(=O)n2-c2ccccc2)o1. The summed E-state index contributed by atoms with van der Waals surface area (Å²) in [7, 11) is 1.84. The van der Waals surface area contributed by atoms with E-state index in [4.69, 9.17) is 15.1 Å². The average Bonchev–Trinajstić information content (AvgIpc) is 3.56. The van der Waals surface area contributed by atoms with Crippen molar-refractivity contribution in [2.45, 2.75) is 19.9 Å². The molecule has 1 unspecified atom stereocenters. The maximum absolute atomic E-state index is 14.2. The molecule has 0 saturated carbocycles. The maximum atomic E-state index is 14.2. The summed E-state index contributed by atoms with van der Waals surface area (Å²) in [4.78, 5) is 27.7. The van der Waals surface area contributed by atoms with Gasteiger partial charge in [0.2, 0.25) is 5.89 Å². The molecule has 0 aliphatic carbocycles. The van der Waals surface area contributed by atoms with Gasteiger partial charge in [0.25, 0.3) is 11.4 Å². The molecule has 0 amide bonds. The lowest BCUT2D eigenvalue weighted by molar-refractivity contribution is 0.532. The summed E-state index contributed by atoms with van der Waals surface area (Å²) < 4.78 is 8.92. The monoisotopic (exact) mass is 520 g/mol. The van der Waals surface area contributed by atoms with Gasteiger partial charge in [0, 0.05) is 25.7 Å². The Bertz CT molecular complexity index is 1870. The standard InChI is InChI=1S/C27H24N10O2/c1-15(32-24-22(23(28)29-14-30-24)26-35-34-16(2)39-26)25-33-20-11-7-10-19(17-12-31-36(3)13-17)21(20)27(38)37(25)18-8-5-4-6-9-18/h4-15H,1-3H3,(H3,28,29,30,32). The van der Waals surface area contributed by atoms with Crippen molar-refractivity contribution in [3.63, 3.8) is 0 Å². The van der Waals surface area contributed by atoms with Crippen molar-refractivity contribution >= 4 is 22.5 Å². The number of anilines is 2. The molecule has 0 aliphatic heterocycles. The van der Waals surface area contributed by atoms with Crippen LogP contribution in [0.5, 0.6) is 0 Å². The summed E-state index contributed by atoms with van der Waals surface area (Å²) in [6.07, 6.45) is 4.95. The molecule has 0 bridgehead atoms. The van der Waals surface area contributed by atoms with Gasteiger partial charge in [-0.2, -0.15) is 5.10 Å². The predicted octanol–water partition coefficient (Wildman–Crippen LogP) is 3.69. The van der Waals surface area contributed by atoms with Gasteiger partial charge in [-0.05, 0) is 30.7 Å². The molecule has 12 heteroatoms. The van der Waals surface area contributed by atoms with Gasteiger partial charge in [0.1, 0.15) is 29.4 Å². The minimum atomic E-state index is -0.499. The lowest BCUT2D eigenvalue weighted by Crippen LogP contribution is -2.28. The largest absolute Gasteiger partial charge is 0.421 e. The number of nitrogens with zero attached hydrogens (tertiary/aromatic N) is 8. The lowest BCUT2D eigenvalue weighted by Gasteiger charge is -2.21. The Morgan fingerprint density at radius 1 is 1.05 bits per heavy atom. The van der Waals surface area contributed by atoms with Crippen LogP contribution in [-0.2, 0) is 7.05 Å². The zero-order chi connectivity index (χ0) is 27.1. The number of aromatic nitrogens is 8. The fraction of sp³-hybridized carbons (Fsp3) is 0.148. The van der Waals surface area contributed by atoms with Crippen molar-refractivity contribution in [3.8, 4) is 28.3 Å². The number of hydrogen-bond acceptors (Lipinski definition) is 10. The van der Waals surface area contributed by atoms with Crippen molar-refractivity contribution in [2.24, 2.45) is 7.05 Å². The van der Waals surface area contributed by atoms with E-state index in [1.807, 2.05) is 68.7 Å². The van der Waals surface area contributed by atoms with Crippen LogP contribution in [0, 0.1) is 6.92 Å². The third kappa shape index (κ3) is 4.27. The first kappa shape index (κ1) is 24.0. The van der Waals surface area contributed by atoms with E-state index in [2.05, 4.69) is 30.6 Å². The quantitative estimate of drug-likeness (QED) is 0.332. The molecule has 4 heterocycles. The van der Waals surface area contributed by atoms with Crippen molar-refractivity contribution in [2.75, 3.05) is 11.1 Å². The number of para-hydroxylation sites is 1. The van der Waals surface area contributed by atoms with Gasteiger partial charge < -0.3 is 15.5 Å². The van der Waals surface area contributed by atoms with Crippen molar-refractivity contribution < 1.29 is 4.42 Å². The summed E-state index contributed by atoms with van der Waals surface area (Å²) in [6.45, 7) is 3.57. The number of fused-ring (bicyclic) bond motifs is 1. The van der Waals surface area contributed by atoms with E-state index < -0.39 is 6.04 Å². The summed E-state index contributed by atoms with van der Waals surface area (Å²) in [6, 6.07) is 14.5. The van der Waals surface area contributed by atoms with Gasteiger partial charge in [-0.15, -0.1) is 10.2 Å². The number of aryl methyl sites for hydroxylation is 2. The van der Waals surface area contributed by atoms with Crippen molar-refractivity contribution in [1.82, 2.24) is 39.5 Å². The highest BCUT2D eigenvalue weighted by Crippen LogP contribution is 2.32. The Hall–Kier alpha value is -5.39. The number of nitrogens with one attached hydrogen (secondary N) is 1. The highest BCUT2D eigenvalue weighted by atomic mass is 16.4. The van der Waals surface area contributed by atoms with E-state index in [1.54, 1.807) is 22.4 Å². The number of rotatable bonds is 6. The zero-order valence-electron chi connectivity index (χ0n) is 21.4. The molecule has 6 rings (SSSR count). The Balaban J connectivity index is 1.54. The molecule has 12 nitrogen and oxygen atoms in total. The van der Waals surface area contributed by atoms with E-state index in [-0.39, 0.29) is 17.3 Å². The van der Waals surface area contributed by atoms with Crippen LogP contribution < -0.4 is 16.6 Å². The summed E-state index contributed by atoms with van der Waals surface area (Å²) >= 11 is 0. The van der Waals surface area contributed by atoms with Gasteiger partial charge in [-0.3, -0.25) is 14.0 Å². The van der Waals surface area contributed by atoms with Gasteiger partial charge in [0.05, 0.1) is 28.8 Å². The molecular formula is C27H24N10O2. The molecular weight excluding hydrogens is 496 g/mol. The topological polar surface area (TPSA) is 155 Å². The Kier molecular flexibility index (Phi) is 5.83. The first-order valence-electron chi connectivity index (χ1n) is 12.2. The highest BCUT2D eigenvalue weighted by Gasteiger charge is 2.24. The molecule has 0 radical (unpaired) electrons. The molecule has 0 aliphatic rings. The van der Waals surface area contributed by atoms with Crippen LogP contribution in [0.1, 0.15) is 24.7 Å². The molecule has 39 heavy (non-hydrogen) atoms. The normalized spacial score (nSPS) is 12.1. The van der Waals surface area contributed by atoms with E-state index in [9.17, 15) is 4.79 Å². The van der Waals surface area contributed by atoms with E-state index in [1.165, 1.54) is 6.33 Å². The molecule has 2 aromatic carbocycles. The van der Waals surface area contributed by atoms with Crippen LogP contribution in [0.2, 0.25) is 0 Å². The zero-order valence-corrected chi connectivity index (χ0v) is 21.4. The van der Waals surface area contributed by atoms with Crippen LogP contribution in [0.15, 0.2) is 76.5 Å². The smallest absolute Gasteiger partial charge is 0.266 e. The molecule has 1 atom stereocenters. The van der Waals surface area contributed by atoms with Gasteiger partial charge >= 0.3 is 0 Å². The summed E-state index contributed by atoms with van der Waals surface area (Å²) in [5.74, 6) is 1.60. The second-order valence-electron chi connectivity index (χ2n) is 9.02. The fourth-order valence-electron chi connectivity index (χ4n) is 4.55. The first-order valence-corrected chi connectivity index (χ1v) is 12.2. The molecule has 0 saturated heterocycles. The highest BCUT2D eigenvalue weighted by molar-refractivity contribution is 5.94. The molecule has 3 N–H and O–H groups in total. The summed E-state index contributed by atoms with van der Waals surface area (Å²) in [5.41, 5.74) is 9.17. The van der Waals surface area contributed by atoms with Crippen LogP contribution in [0.3, 0.4) is 0 Å². The molecule has 4 aromatic heterocycles.